The minimum atomic E-state index is -0.330. The van der Waals surface area contributed by atoms with Crippen molar-refractivity contribution in [1.82, 2.24) is 0 Å². The van der Waals surface area contributed by atoms with Crippen LogP contribution in [-0.2, 0) is 9.53 Å². The normalized spacial score (nSPS) is 22.5. The average Bonchev–Trinajstić information content (AvgIpc) is 2.88. The summed E-state index contributed by atoms with van der Waals surface area (Å²) in [5.41, 5.74) is 0.719. The Morgan fingerprint density at radius 2 is 2.32 bits per heavy atom. The Labute approximate surface area is 123 Å². The number of hydrogen-bond donors (Lipinski definition) is 1. The molecule has 3 nitrogen and oxygen atoms in total. The standard InChI is InChI=1S/C14H18ClNO2S/c1-3-10-5-6-12(18-10)14(17)16-9-4-7-13(19-2)11(15)8-9/h4,7-8,10,12H,3,5-6H2,1-2H3,(H,16,17). The van der Waals surface area contributed by atoms with Crippen LogP contribution in [0.2, 0.25) is 5.02 Å². The average molecular weight is 300 g/mol. The highest BCUT2D eigenvalue weighted by Crippen LogP contribution is 2.29. The van der Waals surface area contributed by atoms with E-state index in [0.717, 1.165) is 29.8 Å². The van der Waals surface area contributed by atoms with E-state index in [4.69, 9.17) is 16.3 Å². The molecule has 2 atom stereocenters. The molecule has 0 bridgehead atoms. The number of amides is 1. The number of nitrogens with one attached hydrogen (secondary N) is 1. The van der Waals surface area contributed by atoms with Crippen molar-refractivity contribution in [3.05, 3.63) is 23.2 Å². The molecule has 2 rings (SSSR count). The smallest absolute Gasteiger partial charge is 0.253 e. The van der Waals surface area contributed by atoms with Crippen molar-refractivity contribution in [2.75, 3.05) is 11.6 Å². The van der Waals surface area contributed by atoms with Crippen LogP contribution in [0, 0.1) is 0 Å². The molecule has 2 unspecified atom stereocenters. The van der Waals surface area contributed by atoms with Gasteiger partial charge in [-0.3, -0.25) is 4.79 Å². The van der Waals surface area contributed by atoms with Crippen LogP contribution in [0.15, 0.2) is 23.1 Å². The van der Waals surface area contributed by atoms with Crippen LogP contribution in [0.4, 0.5) is 5.69 Å². The highest BCUT2D eigenvalue weighted by Gasteiger charge is 2.29. The number of ether oxygens (including phenoxy) is 1. The highest BCUT2D eigenvalue weighted by atomic mass is 35.5. The lowest BCUT2D eigenvalue weighted by molar-refractivity contribution is -0.126. The molecule has 0 aromatic heterocycles. The molecule has 1 fully saturated rings. The first kappa shape index (κ1) is 14.7. The Bertz CT molecular complexity index is 467. The van der Waals surface area contributed by atoms with E-state index in [9.17, 15) is 4.79 Å². The summed E-state index contributed by atoms with van der Waals surface area (Å²) < 4.78 is 5.67. The molecule has 5 heteroatoms. The number of carbonyl (C=O) groups is 1. The van der Waals surface area contributed by atoms with Crippen molar-refractivity contribution >= 4 is 35.0 Å². The summed E-state index contributed by atoms with van der Waals surface area (Å²) in [6.45, 7) is 2.08. The second kappa shape index (κ2) is 6.64. The summed E-state index contributed by atoms with van der Waals surface area (Å²) in [5.74, 6) is -0.0797. The molecule has 0 saturated carbocycles. The molecule has 1 aromatic carbocycles. The van der Waals surface area contributed by atoms with Gasteiger partial charge in [0.2, 0.25) is 0 Å². The minimum absolute atomic E-state index is 0.0797. The van der Waals surface area contributed by atoms with Crippen molar-refractivity contribution < 1.29 is 9.53 Å². The summed E-state index contributed by atoms with van der Waals surface area (Å²) in [6.07, 6.45) is 4.57. The zero-order valence-corrected chi connectivity index (χ0v) is 12.7. The zero-order valence-electron chi connectivity index (χ0n) is 11.1. The Morgan fingerprint density at radius 3 is 2.89 bits per heavy atom. The molecule has 0 spiro atoms. The molecule has 1 aromatic rings. The van der Waals surface area contributed by atoms with Crippen LogP contribution in [0.1, 0.15) is 26.2 Å². The van der Waals surface area contributed by atoms with Gasteiger partial charge in [0.25, 0.3) is 5.91 Å². The number of benzene rings is 1. The van der Waals surface area contributed by atoms with Crippen LogP contribution in [-0.4, -0.2) is 24.4 Å². The number of thioether (sulfide) groups is 1. The van der Waals surface area contributed by atoms with Crippen molar-refractivity contribution in [1.29, 1.82) is 0 Å². The van der Waals surface area contributed by atoms with Crippen LogP contribution < -0.4 is 5.32 Å². The summed E-state index contributed by atoms with van der Waals surface area (Å²) in [5, 5.41) is 3.52. The zero-order chi connectivity index (χ0) is 13.8. The molecule has 1 amide bonds. The summed E-state index contributed by atoms with van der Waals surface area (Å²) in [6, 6.07) is 5.55. The van der Waals surface area contributed by atoms with Crippen LogP contribution >= 0.6 is 23.4 Å². The molecular formula is C14H18ClNO2S. The van der Waals surface area contributed by atoms with E-state index < -0.39 is 0 Å². The van der Waals surface area contributed by atoms with Gasteiger partial charge < -0.3 is 10.1 Å². The van der Waals surface area contributed by atoms with Crippen molar-refractivity contribution in [2.24, 2.45) is 0 Å². The van der Waals surface area contributed by atoms with Crippen molar-refractivity contribution in [2.45, 2.75) is 43.3 Å². The van der Waals surface area contributed by atoms with Crippen molar-refractivity contribution in [3.8, 4) is 0 Å². The molecule has 1 saturated heterocycles. The molecule has 0 radical (unpaired) electrons. The molecule has 1 aliphatic heterocycles. The van der Waals surface area contributed by atoms with Crippen LogP contribution in [0.5, 0.6) is 0 Å². The Hall–Kier alpha value is -0.710. The molecule has 1 aliphatic rings. The summed E-state index contributed by atoms with van der Waals surface area (Å²) >= 11 is 7.70. The number of hydrogen-bond acceptors (Lipinski definition) is 3. The summed E-state index contributed by atoms with van der Waals surface area (Å²) in [4.78, 5) is 13.1. The molecular weight excluding hydrogens is 282 g/mol. The minimum Gasteiger partial charge on any atom is -0.365 e. The lowest BCUT2D eigenvalue weighted by atomic mass is 10.1. The third kappa shape index (κ3) is 3.65. The maximum Gasteiger partial charge on any atom is 0.253 e. The Kier molecular flexibility index (Phi) is 5.13. The lowest BCUT2D eigenvalue weighted by Gasteiger charge is -2.13. The van der Waals surface area contributed by atoms with Gasteiger partial charge in [0, 0.05) is 10.6 Å². The van der Waals surface area contributed by atoms with Gasteiger partial charge in [-0.1, -0.05) is 18.5 Å². The van der Waals surface area contributed by atoms with Gasteiger partial charge in [-0.2, -0.15) is 0 Å². The maximum absolute atomic E-state index is 12.1. The second-order valence-corrected chi connectivity index (χ2v) is 5.83. The first-order chi connectivity index (χ1) is 9.13. The lowest BCUT2D eigenvalue weighted by Crippen LogP contribution is -2.27. The van der Waals surface area contributed by atoms with Gasteiger partial charge in [-0.25, -0.2) is 0 Å². The Balaban J connectivity index is 1.97. The first-order valence-corrected chi connectivity index (χ1v) is 8.04. The molecule has 1 N–H and O–H groups in total. The number of carbonyl (C=O) groups excluding carboxylic acids is 1. The predicted octanol–water partition coefficient (Wildman–Crippen LogP) is 3.96. The van der Waals surface area contributed by atoms with E-state index in [1.807, 2.05) is 18.4 Å². The molecule has 1 heterocycles. The van der Waals surface area contributed by atoms with Gasteiger partial charge in [-0.05, 0) is 43.7 Å². The fourth-order valence-electron chi connectivity index (χ4n) is 2.17. The highest BCUT2D eigenvalue weighted by molar-refractivity contribution is 7.98. The van der Waals surface area contributed by atoms with E-state index in [1.54, 1.807) is 17.8 Å². The van der Waals surface area contributed by atoms with Gasteiger partial charge >= 0.3 is 0 Å². The van der Waals surface area contributed by atoms with Gasteiger partial charge in [0.15, 0.2) is 0 Å². The fourth-order valence-corrected chi connectivity index (χ4v) is 3.04. The van der Waals surface area contributed by atoms with E-state index in [0.29, 0.717) is 5.02 Å². The number of halogens is 1. The van der Waals surface area contributed by atoms with Gasteiger partial charge in [0.1, 0.15) is 6.10 Å². The van der Waals surface area contributed by atoms with E-state index in [2.05, 4.69) is 12.2 Å². The van der Waals surface area contributed by atoms with E-state index >= 15 is 0 Å². The SMILES string of the molecule is CCC1CCC(C(=O)Nc2ccc(SC)c(Cl)c2)O1. The van der Waals surface area contributed by atoms with E-state index in [-0.39, 0.29) is 18.1 Å². The number of rotatable bonds is 4. The third-order valence-corrected chi connectivity index (χ3v) is 4.50. The second-order valence-electron chi connectivity index (χ2n) is 4.57. The fraction of sp³-hybridized carbons (Fsp3) is 0.500. The largest absolute Gasteiger partial charge is 0.365 e. The van der Waals surface area contributed by atoms with Gasteiger partial charge in [0.05, 0.1) is 11.1 Å². The summed E-state index contributed by atoms with van der Waals surface area (Å²) in [7, 11) is 0. The quantitative estimate of drug-likeness (QED) is 0.855. The first-order valence-electron chi connectivity index (χ1n) is 6.44. The van der Waals surface area contributed by atoms with Crippen molar-refractivity contribution in [3.63, 3.8) is 0 Å². The maximum atomic E-state index is 12.1. The molecule has 104 valence electrons. The van der Waals surface area contributed by atoms with Gasteiger partial charge in [-0.15, -0.1) is 11.8 Å². The monoisotopic (exact) mass is 299 g/mol. The van der Waals surface area contributed by atoms with Crippen LogP contribution in [0.3, 0.4) is 0 Å². The van der Waals surface area contributed by atoms with E-state index in [1.165, 1.54) is 0 Å². The molecule has 0 aliphatic carbocycles. The Morgan fingerprint density at radius 1 is 1.53 bits per heavy atom. The predicted molar refractivity (Wildman–Crippen MR) is 80.0 cm³/mol. The molecule has 19 heavy (non-hydrogen) atoms. The number of anilines is 1. The topological polar surface area (TPSA) is 38.3 Å². The van der Waals surface area contributed by atoms with Crippen LogP contribution in [0.25, 0.3) is 0 Å². The third-order valence-electron chi connectivity index (χ3n) is 3.27.